The lowest BCUT2D eigenvalue weighted by Gasteiger charge is -2.16. The fourth-order valence-electron chi connectivity index (χ4n) is 2.07. The van der Waals surface area contributed by atoms with Crippen LogP contribution in [-0.2, 0) is 9.84 Å². The zero-order valence-electron chi connectivity index (χ0n) is 11.7. The van der Waals surface area contributed by atoms with Crippen molar-refractivity contribution in [1.29, 1.82) is 0 Å². The lowest BCUT2D eigenvalue weighted by Crippen LogP contribution is -2.14. The van der Waals surface area contributed by atoms with E-state index in [1.165, 1.54) is 6.26 Å². The monoisotopic (exact) mass is 293 g/mol. The van der Waals surface area contributed by atoms with Gasteiger partial charge in [0.2, 0.25) is 0 Å². The van der Waals surface area contributed by atoms with Crippen LogP contribution >= 0.6 is 0 Å². The van der Waals surface area contributed by atoms with Crippen molar-refractivity contribution in [3.63, 3.8) is 0 Å². The Balaban J connectivity index is 2.39. The van der Waals surface area contributed by atoms with Crippen molar-refractivity contribution in [2.75, 3.05) is 18.6 Å². The normalized spacial score (nSPS) is 13.3. The van der Waals surface area contributed by atoms with E-state index in [4.69, 9.17) is 10.5 Å². The van der Waals surface area contributed by atoms with Crippen molar-refractivity contribution in [2.45, 2.75) is 13.0 Å². The summed E-state index contributed by atoms with van der Waals surface area (Å²) in [5.74, 6) is 0.677. The van der Waals surface area contributed by atoms with Gasteiger partial charge in [0.25, 0.3) is 0 Å². The number of ether oxygens (including phenoxy) is 1. The van der Waals surface area contributed by atoms with Gasteiger partial charge < -0.3 is 10.5 Å². The molecule has 0 saturated carbocycles. The second-order valence-corrected chi connectivity index (χ2v) is 7.23. The molecule has 0 fully saturated rings. The minimum absolute atomic E-state index is 0.00534. The molecular weight excluding hydrogens is 274 g/mol. The maximum Gasteiger partial charge on any atom is 0.150 e. The number of hydrogen-bond donors (Lipinski definition) is 1. The second-order valence-electron chi connectivity index (χ2n) is 4.97. The average Bonchev–Trinajstić information content (AvgIpc) is 2.37. The van der Waals surface area contributed by atoms with Crippen molar-refractivity contribution in [3.8, 4) is 5.75 Å². The molecule has 0 saturated heterocycles. The Bertz CT molecular complexity index is 708. The van der Waals surface area contributed by atoms with Gasteiger partial charge in [-0.2, -0.15) is 0 Å². The predicted octanol–water partition coefficient (Wildman–Crippen LogP) is 2.28. The molecule has 108 valence electrons. The first kappa shape index (κ1) is 14.8. The van der Waals surface area contributed by atoms with E-state index in [9.17, 15) is 8.42 Å². The van der Waals surface area contributed by atoms with Gasteiger partial charge in [-0.15, -0.1) is 0 Å². The first-order chi connectivity index (χ1) is 9.38. The average molecular weight is 293 g/mol. The summed E-state index contributed by atoms with van der Waals surface area (Å²) in [4.78, 5) is 0. The van der Waals surface area contributed by atoms with Crippen molar-refractivity contribution in [1.82, 2.24) is 0 Å². The molecule has 0 radical (unpaired) electrons. The minimum atomic E-state index is -3.04. The lowest BCUT2D eigenvalue weighted by atomic mass is 10.0. The highest BCUT2D eigenvalue weighted by atomic mass is 32.2. The third-order valence-corrected chi connectivity index (χ3v) is 4.01. The highest BCUT2D eigenvalue weighted by molar-refractivity contribution is 7.90. The summed E-state index contributed by atoms with van der Waals surface area (Å²) in [5.41, 5.74) is 6.85. The second kappa shape index (κ2) is 5.81. The molecule has 0 aliphatic heterocycles. The van der Waals surface area contributed by atoms with Crippen molar-refractivity contribution < 1.29 is 13.2 Å². The Labute approximate surface area is 119 Å². The van der Waals surface area contributed by atoms with Crippen LogP contribution in [0.25, 0.3) is 10.8 Å². The highest BCUT2D eigenvalue weighted by Gasteiger charge is 2.13. The minimum Gasteiger partial charge on any atom is -0.492 e. The fourth-order valence-corrected chi connectivity index (χ4v) is 2.46. The first-order valence-corrected chi connectivity index (χ1v) is 8.52. The zero-order valence-corrected chi connectivity index (χ0v) is 12.5. The smallest absolute Gasteiger partial charge is 0.150 e. The maximum atomic E-state index is 11.2. The molecule has 4 nitrogen and oxygen atoms in total. The van der Waals surface area contributed by atoms with Gasteiger partial charge in [-0.1, -0.05) is 36.4 Å². The van der Waals surface area contributed by atoms with Crippen LogP contribution in [0, 0.1) is 0 Å². The highest BCUT2D eigenvalue weighted by Crippen LogP contribution is 2.32. The Morgan fingerprint density at radius 2 is 1.90 bits per heavy atom. The van der Waals surface area contributed by atoms with Gasteiger partial charge in [0.15, 0.2) is 9.84 Å². The summed E-state index contributed by atoms with van der Waals surface area (Å²) in [6.07, 6.45) is 1.20. The van der Waals surface area contributed by atoms with Gasteiger partial charge in [-0.3, -0.25) is 0 Å². The van der Waals surface area contributed by atoms with Gasteiger partial charge in [0.1, 0.15) is 12.4 Å². The molecule has 0 amide bonds. The van der Waals surface area contributed by atoms with E-state index in [1.807, 2.05) is 43.3 Å². The Morgan fingerprint density at radius 1 is 1.20 bits per heavy atom. The van der Waals surface area contributed by atoms with Gasteiger partial charge in [0, 0.05) is 23.2 Å². The molecule has 20 heavy (non-hydrogen) atoms. The van der Waals surface area contributed by atoms with E-state index < -0.39 is 9.84 Å². The first-order valence-electron chi connectivity index (χ1n) is 6.46. The van der Waals surface area contributed by atoms with Crippen molar-refractivity contribution >= 4 is 20.6 Å². The van der Waals surface area contributed by atoms with Crippen LogP contribution in [-0.4, -0.2) is 27.0 Å². The van der Waals surface area contributed by atoms with Gasteiger partial charge in [0.05, 0.1) is 5.75 Å². The van der Waals surface area contributed by atoms with Gasteiger partial charge >= 0.3 is 0 Å². The molecular formula is C15H19NO3S. The van der Waals surface area contributed by atoms with E-state index >= 15 is 0 Å². The number of benzene rings is 2. The van der Waals surface area contributed by atoms with Gasteiger partial charge in [-0.05, 0) is 12.3 Å². The summed E-state index contributed by atoms with van der Waals surface area (Å²) >= 11 is 0. The molecule has 2 N–H and O–H groups in total. The molecule has 2 rings (SSSR count). The summed E-state index contributed by atoms with van der Waals surface area (Å²) in [7, 11) is -3.04. The zero-order chi connectivity index (χ0) is 14.8. The molecule has 1 atom stereocenters. The third kappa shape index (κ3) is 3.49. The summed E-state index contributed by atoms with van der Waals surface area (Å²) in [6.45, 7) is 2.01. The summed E-state index contributed by atoms with van der Waals surface area (Å²) in [5, 5.41) is 2.00. The molecule has 0 bridgehead atoms. The molecule has 2 aromatic rings. The van der Waals surface area contributed by atoms with E-state index in [1.54, 1.807) is 0 Å². The Hall–Kier alpha value is -1.59. The molecule has 5 heteroatoms. The Kier molecular flexibility index (Phi) is 4.30. The molecule has 0 heterocycles. The van der Waals surface area contributed by atoms with Crippen LogP contribution in [0.5, 0.6) is 5.75 Å². The standard InChI is InChI=1S/C15H19NO3S/c1-11(16)13-8-7-12-5-3-4-6-14(12)15(13)19-9-10-20(2,17)18/h3-8,11H,9-10,16H2,1-2H3/t11-/m1/s1. The molecule has 2 aromatic carbocycles. The van der Waals surface area contributed by atoms with E-state index in [-0.39, 0.29) is 18.4 Å². The van der Waals surface area contributed by atoms with E-state index in [0.717, 1.165) is 16.3 Å². The summed E-state index contributed by atoms with van der Waals surface area (Å²) in [6, 6.07) is 11.6. The van der Waals surface area contributed by atoms with Crippen molar-refractivity contribution in [2.24, 2.45) is 5.73 Å². The van der Waals surface area contributed by atoms with Crippen LogP contribution in [0.15, 0.2) is 36.4 Å². The SMILES string of the molecule is C[C@@H](N)c1ccc2ccccc2c1OCCS(C)(=O)=O. The lowest BCUT2D eigenvalue weighted by molar-refractivity contribution is 0.340. The maximum absolute atomic E-state index is 11.2. The third-order valence-electron chi connectivity index (χ3n) is 3.10. The Morgan fingerprint density at radius 3 is 2.55 bits per heavy atom. The van der Waals surface area contributed by atoms with Gasteiger partial charge in [-0.25, -0.2) is 8.42 Å². The molecule has 0 aliphatic rings. The fraction of sp³-hybridized carbons (Fsp3) is 0.333. The van der Waals surface area contributed by atoms with Crippen molar-refractivity contribution in [3.05, 3.63) is 42.0 Å². The summed E-state index contributed by atoms with van der Waals surface area (Å²) < 4.78 is 28.1. The number of fused-ring (bicyclic) bond motifs is 1. The van der Waals surface area contributed by atoms with E-state index in [2.05, 4.69) is 0 Å². The quantitative estimate of drug-likeness (QED) is 0.918. The molecule has 0 spiro atoms. The van der Waals surface area contributed by atoms with Crippen LogP contribution in [0.3, 0.4) is 0 Å². The van der Waals surface area contributed by atoms with Crippen LogP contribution in [0.2, 0.25) is 0 Å². The number of sulfone groups is 1. The predicted molar refractivity (Wildman–Crippen MR) is 81.8 cm³/mol. The molecule has 0 unspecified atom stereocenters. The van der Waals surface area contributed by atoms with Crippen LogP contribution in [0.4, 0.5) is 0 Å². The topological polar surface area (TPSA) is 69.4 Å². The number of hydrogen-bond acceptors (Lipinski definition) is 4. The van der Waals surface area contributed by atoms with Crippen LogP contribution < -0.4 is 10.5 Å². The van der Waals surface area contributed by atoms with Crippen LogP contribution in [0.1, 0.15) is 18.5 Å². The number of nitrogens with two attached hydrogens (primary N) is 1. The number of rotatable bonds is 5. The molecule has 0 aromatic heterocycles. The largest absolute Gasteiger partial charge is 0.492 e. The molecule has 0 aliphatic carbocycles. The van der Waals surface area contributed by atoms with E-state index in [0.29, 0.717) is 5.75 Å².